The molecule has 3 rings (SSSR count). The zero-order valence-electron chi connectivity index (χ0n) is 17.8. The quantitative estimate of drug-likeness (QED) is 0.343. The summed E-state index contributed by atoms with van der Waals surface area (Å²) in [5.74, 6) is 0.103. The molecule has 0 aromatic heterocycles. The van der Waals surface area contributed by atoms with E-state index in [1.165, 1.54) is 0 Å². The average Bonchev–Trinajstić information content (AvgIpc) is 3.21. The molecule has 8 heteroatoms. The van der Waals surface area contributed by atoms with Gasteiger partial charge in [-0.2, -0.15) is 5.26 Å². The summed E-state index contributed by atoms with van der Waals surface area (Å²) in [7, 11) is 0. The van der Waals surface area contributed by atoms with Crippen molar-refractivity contribution < 1.29 is 9.59 Å². The molecule has 160 valence electrons. The molecule has 8 nitrogen and oxygen atoms in total. The van der Waals surface area contributed by atoms with E-state index in [9.17, 15) is 9.59 Å². The summed E-state index contributed by atoms with van der Waals surface area (Å²) in [5.41, 5.74) is 3.00. The van der Waals surface area contributed by atoms with Crippen LogP contribution in [0.1, 0.15) is 43.2 Å². The van der Waals surface area contributed by atoms with Crippen LogP contribution in [0.2, 0.25) is 0 Å². The molecule has 2 aliphatic rings. The minimum absolute atomic E-state index is 0.00867. The lowest BCUT2D eigenvalue weighted by Gasteiger charge is -2.25. The fourth-order valence-electron chi connectivity index (χ4n) is 3.91. The number of likely N-dealkylation sites (tertiary alicyclic amines) is 2. The molecule has 1 unspecified atom stereocenters. The largest absolute Gasteiger partial charge is 0.341 e. The number of guanidine groups is 1. The van der Waals surface area contributed by atoms with Gasteiger partial charge in [0.1, 0.15) is 6.04 Å². The highest BCUT2D eigenvalue weighted by molar-refractivity contribution is 5.97. The van der Waals surface area contributed by atoms with Crippen LogP contribution in [0.5, 0.6) is 0 Å². The lowest BCUT2D eigenvalue weighted by Crippen LogP contribution is -2.45. The number of nitriles is 1. The third-order valence-electron chi connectivity index (χ3n) is 5.85. The van der Waals surface area contributed by atoms with Gasteiger partial charge >= 0.3 is 0 Å². The Morgan fingerprint density at radius 2 is 1.93 bits per heavy atom. The van der Waals surface area contributed by atoms with Gasteiger partial charge in [0.2, 0.25) is 17.8 Å². The third kappa shape index (κ3) is 5.29. The number of carbonyl (C=O) groups excluding carboxylic acids is 2. The Hall–Kier alpha value is -3.08. The van der Waals surface area contributed by atoms with Crippen LogP contribution >= 0.6 is 0 Å². The molecular weight excluding hydrogens is 380 g/mol. The number of rotatable bonds is 4. The Kier molecular flexibility index (Phi) is 7.28. The van der Waals surface area contributed by atoms with E-state index in [2.05, 4.69) is 15.6 Å². The molecular formula is C22H30N6O2. The first kappa shape index (κ1) is 21.6. The molecule has 1 aromatic carbocycles. The van der Waals surface area contributed by atoms with Crippen LogP contribution in [-0.4, -0.2) is 59.8 Å². The zero-order valence-corrected chi connectivity index (χ0v) is 17.8. The van der Waals surface area contributed by atoms with E-state index in [0.29, 0.717) is 13.0 Å². The number of carbonyl (C=O) groups is 2. The number of anilines is 1. The van der Waals surface area contributed by atoms with Crippen LogP contribution in [0.4, 0.5) is 5.69 Å². The van der Waals surface area contributed by atoms with Crippen molar-refractivity contribution in [2.24, 2.45) is 4.99 Å². The van der Waals surface area contributed by atoms with Gasteiger partial charge in [-0.25, -0.2) is 4.99 Å². The highest BCUT2D eigenvalue weighted by Gasteiger charge is 2.30. The molecule has 2 saturated heterocycles. The van der Waals surface area contributed by atoms with Gasteiger partial charge in [-0.3, -0.25) is 14.9 Å². The Morgan fingerprint density at radius 1 is 1.20 bits per heavy atom. The van der Waals surface area contributed by atoms with E-state index in [1.807, 2.05) is 43.1 Å². The van der Waals surface area contributed by atoms with Crippen molar-refractivity contribution in [1.29, 1.82) is 5.26 Å². The summed E-state index contributed by atoms with van der Waals surface area (Å²) < 4.78 is 0. The molecule has 0 radical (unpaired) electrons. The van der Waals surface area contributed by atoms with Crippen molar-refractivity contribution in [3.8, 4) is 6.19 Å². The second-order valence-corrected chi connectivity index (χ2v) is 7.95. The SMILES string of the molecule is Cc1cccc(NC(=NC2CCCCN(CC(=O)N3CCCC3)C2=O)NC#N)c1C. The standard InChI is InChI=1S/C22H30N6O2/c1-16-8-7-10-18(17(16)2)25-22(24-15-23)26-19-9-3-4-13-28(21(19)30)14-20(29)27-11-5-6-12-27/h7-8,10,19H,3-6,9,11-14H2,1-2H3,(H2,24,25,26). The molecule has 2 amide bonds. The van der Waals surface area contributed by atoms with Crippen molar-refractivity contribution in [3.63, 3.8) is 0 Å². The Morgan fingerprint density at radius 3 is 2.67 bits per heavy atom. The van der Waals surface area contributed by atoms with Crippen LogP contribution in [0.15, 0.2) is 23.2 Å². The van der Waals surface area contributed by atoms with Crippen LogP contribution < -0.4 is 10.6 Å². The molecule has 2 fully saturated rings. The van der Waals surface area contributed by atoms with Crippen molar-refractivity contribution in [2.75, 3.05) is 31.5 Å². The highest BCUT2D eigenvalue weighted by Crippen LogP contribution is 2.19. The van der Waals surface area contributed by atoms with Crippen molar-refractivity contribution in [2.45, 2.75) is 52.0 Å². The van der Waals surface area contributed by atoms with E-state index in [1.54, 1.807) is 4.90 Å². The number of nitrogens with zero attached hydrogens (tertiary/aromatic N) is 4. The van der Waals surface area contributed by atoms with Gasteiger partial charge in [0.05, 0.1) is 6.54 Å². The van der Waals surface area contributed by atoms with E-state index in [0.717, 1.165) is 55.6 Å². The maximum atomic E-state index is 13.1. The van der Waals surface area contributed by atoms with Gasteiger partial charge in [0.15, 0.2) is 6.19 Å². The Labute approximate surface area is 177 Å². The minimum Gasteiger partial charge on any atom is -0.341 e. The third-order valence-corrected chi connectivity index (χ3v) is 5.85. The van der Waals surface area contributed by atoms with Gasteiger partial charge in [-0.15, -0.1) is 0 Å². The molecule has 2 heterocycles. The highest BCUT2D eigenvalue weighted by atomic mass is 16.2. The van der Waals surface area contributed by atoms with Crippen molar-refractivity contribution >= 4 is 23.5 Å². The van der Waals surface area contributed by atoms with Crippen LogP contribution in [-0.2, 0) is 9.59 Å². The summed E-state index contributed by atoms with van der Waals surface area (Å²) in [4.78, 5) is 33.7. The van der Waals surface area contributed by atoms with E-state index in [4.69, 9.17) is 5.26 Å². The maximum Gasteiger partial charge on any atom is 0.247 e. The maximum absolute atomic E-state index is 13.1. The molecule has 1 aromatic rings. The van der Waals surface area contributed by atoms with E-state index < -0.39 is 6.04 Å². The number of aryl methyl sites for hydroxylation is 1. The van der Waals surface area contributed by atoms with Crippen molar-refractivity contribution in [3.05, 3.63) is 29.3 Å². The fourth-order valence-corrected chi connectivity index (χ4v) is 3.91. The monoisotopic (exact) mass is 410 g/mol. The summed E-state index contributed by atoms with van der Waals surface area (Å²) >= 11 is 0. The number of aliphatic imine (C=N–C) groups is 1. The fraction of sp³-hybridized carbons (Fsp3) is 0.545. The lowest BCUT2D eigenvalue weighted by atomic mass is 10.1. The predicted molar refractivity (Wildman–Crippen MR) is 116 cm³/mol. The molecule has 30 heavy (non-hydrogen) atoms. The van der Waals surface area contributed by atoms with E-state index in [-0.39, 0.29) is 24.3 Å². The van der Waals surface area contributed by atoms with Gasteiger partial charge in [-0.05, 0) is 63.1 Å². The lowest BCUT2D eigenvalue weighted by molar-refractivity contribution is -0.140. The normalized spacial score (nSPS) is 20.0. The van der Waals surface area contributed by atoms with Crippen LogP contribution in [0.25, 0.3) is 0 Å². The number of hydrogen-bond acceptors (Lipinski definition) is 4. The van der Waals surface area contributed by atoms with Gasteiger partial charge in [-0.1, -0.05) is 12.1 Å². The smallest absolute Gasteiger partial charge is 0.247 e. The molecule has 0 bridgehead atoms. The summed E-state index contributed by atoms with van der Waals surface area (Å²) in [6, 6.07) is 5.23. The van der Waals surface area contributed by atoms with Gasteiger partial charge in [0.25, 0.3) is 0 Å². The summed E-state index contributed by atoms with van der Waals surface area (Å²) in [6.07, 6.45) is 6.23. The number of hydrogen-bond donors (Lipinski definition) is 2. The Bertz CT molecular complexity index is 854. The first-order valence-corrected chi connectivity index (χ1v) is 10.6. The predicted octanol–water partition coefficient (Wildman–Crippen LogP) is 2.15. The van der Waals surface area contributed by atoms with Crippen LogP contribution in [0, 0.1) is 25.3 Å². The molecule has 1 atom stereocenters. The number of benzene rings is 1. The molecule has 0 spiro atoms. The van der Waals surface area contributed by atoms with Crippen molar-refractivity contribution in [1.82, 2.24) is 15.1 Å². The van der Waals surface area contributed by atoms with Gasteiger partial charge < -0.3 is 15.1 Å². The zero-order chi connectivity index (χ0) is 21.5. The Balaban J connectivity index is 1.75. The van der Waals surface area contributed by atoms with E-state index >= 15 is 0 Å². The van der Waals surface area contributed by atoms with Gasteiger partial charge in [0, 0.05) is 25.3 Å². The second-order valence-electron chi connectivity index (χ2n) is 7.95. The molecule has 2 aliphatic heterocycles. The second kappa shape index (κ2) is 10.1. The topological polar surface area (TPSA) is 101 Å². The van der Waals surface area contributed by atoms with Crippen LogP contribution in [0.3, 0.4) is 0 Å². The number of amides is 2. The summed E-state index contributed by atoms with van der Waals surface area (Å²) in [5, 5.41) is 14.9. The summed E-state index contributed by atoms with van der Waals surface area (Å²) in [6.45, 7) is 6.23. The minimum atomic E-state index is -0.618. The first-order chi connectivity index (χ1) is 14.5. The average molecular weight is 411 g/mol. The molecule has 2 N–H and O–H groups in total. The first-order valence-electron chi connectivity index (χ1n) is 10.6. The number of nitrogens with one attached hydrogen (secondary N) is 2. The molecule has 0 saturated carbocycles. The molecule has 0 aliphatic carbocycles.